The molecule has 1 aromatic rings. The van der Waals surface area contributed by atoms with E-state index < -0.39 is 8.07 Å². The second-order valence-electron chi connectivity index (χ2n) is 4.83. The molecule has 1 aliphatic rings. The zero-order valence-corrected chi connectivity index (χ0v) is 12.5. The van der Waals surface area contributed by atoms with Crippen molar-refractivity contribution in [2.45, 2.75) is 25.2 Å². The van der Waals surface area contributed by atoms with Gasteiger partial charge in [-0.05, 0) is 16.7 Å². The molecule has 0 heterocycles. The normalized spacial score (nSPS) is 18.9. The van der Waals surface area contributed by atoms with Crippen LogP contribution in [0.1, 0.15) is 16.7 Å². The van der Waals surface area contributed by atoms with Crippen LogP contribution in [0.4, 0.5) is 0 Å². The summed E-state index contributed by atoms with van der Waals surface area (Å²) in [5, 5.41) is 0. The standard InChI is InChI=1S/C12H16Si.Na/c1-13(2,3)12-9-8-10-6-4-5-7-11(10)12;/h4-9,12H,1-3H3;/q;+1. The van der Waals surface area contributed by atoms with Crippen LogP contribution in [-0.2, 0) is 0 Å². The van der Waals surface area contributed by atoms with Crippen LogP contribution >= 0.6 is 0 Å². The van der Waals surface area contributed by atoms with Crippen molar-refractivity contribution in [1.82, 2.24) is 0 Å². The maximum absolute atomic E-state index is 2.43. The Hall–Kier alpha value is 0.177. The van der Waals surface area contributed by atoms with E-state index in [4.69, 9.17) is 0 Å². The van der Waals surface area contributed by atoms with Gasteiger partial charge < -0.3 is 0 Å². The maximum atomic E-state index is 2.43. The number of benzene rings is 1. The Labute approximate surface area is 110 Å². The molecule has 1 unspecified atom stereocenters. The molecule has 1 aliphatic carbocycles. The molecule has 2 rings (SSSR count). The quantitative estimate of drug-likeness (QED) is 0.599. The molecule has 0 fully saturated rings. The molecule has 0 spiro atoms. The molecule has 0 radical (unpaired) electrons. The summed E-state index contributed by atoms with van der Waals surface area (Å²) in [6, 6.07) is 8.76. The van der Waals surface area contributed by atoms with Crippen LogP contribution in [0.5, 0.6) is 0 Å². The summed E-state index contributed by atoms with van der Waals surface area (Å²) in [6.45, 7) is 7.30. The van der Waals surface area contributed by atoms with Gasteiger partial charge >= 0.3 is 29.6 Å². The molecule has 0 amide bonds. The third kappa shape index (κ3) is 2.22. The molecule has 1 atom stereocenters. The zero-order valence-electron chi connectivity index (χ0n) is 9.54. The van der Waals surface area contributed by atoms with E-state index in [-0.39, 0.29) is 29.6 Å². The molecule has 2 heteroatoms. The van der Waals surface area contributed by atoms with Crippen molar-refractivity contribution >= 4 is 14.1 Å². The molecule has 0 saturated heterocycles. The van der Waals surface area contributed by atoms with Gasteiger partial charge in [0.05, 0.1) is 8.07 Å². The van der Waals surface area contributed by atoms with E-state index in [0.29, 0.717) is 0 Å². The van der Waals surface area contributed by atoms with Crippen molar-refractivity contribution in [3.05, 3.63) is 41.5 Å². The Bertz CT molecular complexity index is 350. The Morgan fingerprint density at radius 2 is 1.71 bits per heavy atom. The number of allylic oxidation sites excluding steroid dienone is 1. The van der Waals surface area contributed by atoms with E-state index in [0.717, 1.165) is 5.54 Å². The summed E-state index contributed by atoms with van der Waals surface area (Å²) >= 11 is 0. The van der Waals surface area contributed by atoms with Gasteiger partial charge in [0, 0.05) is 0 Å². The minimum Gasteiger partial charge on any atom is -0.0791 e. The van der Waals surface area contributed by atoms with Gasteiger partial charge in [0.25, 0.3) is 0 Å². The van der Waals surface area contributed by atoms with Crippen molar-refractivity contribution in [3.8, 4) is 0 Å². The van der Waals surface area contributed by atoms with Crippen LogP contribution in [0, 0.1) is 0 Å². The van der Waals surface area contributed by atoms with Gasteiger partial charge in [0.15, 0.2) is 0 Å². The van der Waals surface area contributed by atoms with Crippen LogP contribution in [0.15, 0.2) is 30.3 Å². The first-order valence-electron chi connectivity index (χ1n) is 4.86. The number of hydrogen-bond acceptors (Lipinski definition) is 0. The Morgan fingerprint density at radius 3 is 2.36 bits per heavy atom. The van der Waals surface area contributed by atoms with Gasteiger partial charge in [-0.2, -0.15) is 0 Å². The predicted molar refractivity (Wildman–Crippen MR) is 61.6 cm³/mol. The van der Waals surface area contributed by atoms with E-state index >= 15 is 0 Å². The van der Waals surface area contributed by atoms with Crippen LogP contribution < -0.4 is 29.6 Å². The summed E-state index contributed by atoms with van der Waals surface area (Å²) in [6.07, 6.45) is 4.66. The van der Waals surface area contributed by atoms with Gasteiger partial charge in [-0.1, -0.05) is 56.1 Å². The average molecular weight is 211 g/mol. The fraction of sp³-hybridized carbons (Fsp3) is 0.333. The summed E-state index contributed by atoms with van der Waals surface area (Å²) in [4.78, 5) is 0. The van der Waals surface area contributed by atoms with Crippen molar-refractivity contribution < 1.29 is 29.6 Å². The number of fused-ring (bicyclic) bond motifs is 1. The van der Waals surface area contributed by atoms with Crippen LogP contribution in [0.3, 0.4) is 0 Å². The fourth-order valence-corrected chi connectivity index (χ4v) is 3.87. The van der Waals surface area contributed by atoms with Crippen molar-refractivity contribution in [2.75, 3.05) is 0 Å². The van der Waals surface area contributed by atoms with E-state index in [2.05, 4.69) is 56.1 Å². The van der Waals surface area contributed by atoms with Gasteiger partial charge in [-0.15, -0.1) is 0 Å². The van der Waals surface area contributed by atoms with Crippen molar-refractivity contribution in [1.29, 1.82) is 0 Å². The van der Waals surface area contributed by atoms with Crippen LogP contribution in [-0.4, -0.2) is 8.07 Å². The smallest absolute Gasteiger partial charge is 0.0791 e. The van der Waals surface area contributed by atoms with Crippen LogP contribution in [0.25, 0.3) is 6.08 Å². The largest absolute Gasteiger partial charge is 1.00 e. The molecule has 0 saturated carbocycles. The van der Waals surface area contributed by atoms with Crippen molar-refractivity contribution in [2.24, 2.45) is 0 Å². The summed E-state index contributed by atoms with van der Waals surface area (Å²) in [5.74, 6) is 0. The SMILES string of the molecule is C[Si](C)(C)C1C=Cc2ccccc21.[Na+]. The van der Waals surface area contributed by atoms with Gasteiger partial charge in [-0.25, -0.2) is 0 Å². The second-order valence-corrected chi connectivity index (χ2v) is 10.2. The Morgan fingerprint density at radius 1 is 1.07 bits per heavy atom. The van der Waals surface area contributed by atoms with Gasteiger partial charge in [-0.3, -0.25) is 0 Å². The molecular formula is C12H16NaSi+. The first-order valence-corrected chi connectivity index (χ1v) is 8.44. The summed E-state index contributed by atoms with van der Waals surface area (Å²) in [5.41, 5.74) is 3.69. The average Bonchev–Trinajstić information content (AvgIpc) is 2.45. The minimum atomic E-state index is -1.06. The predicted octanol–water partition coefficient (Wildman–Crippen LogP) is 0.678. The third-order valence-electron chi connectivity index (χ3n) is 2.73. The van der Waals surface area contributed by atoms with Gasteiger partial charge in [0.2, 0.25) is 0 Å². The molecule has 0 bridgehead atoms. The number of rotatable bonds is 1. The molecule has 14 heavy (non-hydrogen) atoms. The second kappa shape index (κ2) is 4.36. The van der Waals surface area contributed by atoms with E-state index in [1.54, 1.807) is 5.56 Å². The minimum absolute atomic E-state index is 0. The maximum Gasteiger partial charge on any atom is 1.00 e. The molecule has 0 nitrogen and oxygen atoms in total. The first-order chi connectivity index (χ1) is 6.09. The van der Waals surface area contributed by atoms with E-state index in [9.17, 15) is 0 Å². The van der Waals surface area contributed by atoms with E-state index in [1.165, 1.54) is 5.56 Å². The molecular weight excluding hydrogens is 195 g/mol. The Balaban J connectivity index is 0.000000980. The first kappa shape index (κ1) is 12.2. The molecule has 0 aromatic heterocycles. The fourth-order valence-electron chi connectivity index (χ4n) is 2.00. The van der Waals surface area contributed by atoms with Crippen molar-refractivity contribution in [3.63, 3.8) is 0 Å². The Kier molecular flexibility index (Phi) is 3.81. The monoisotopic (exact) mass is 211 g/mol. The molecule has 0 aliphatic heterocycles. The van der Waals surface area contributed by atoms with Crippen LogP contribution in [0.2, 0.25) is 19.6 Å². The molecule has 0 N–H and O–H groups in total. The summed E-state index contributed by atoms with van der Waals surface area (Å²) in [7, 11) is -1.06. The van der Waals surface area contributed by atoms with E-state index in [1.807, 2.05) is 0 Å². The molecule has 68 valence electrons. The molecule has 1 aromatic carbocycles. The zero-order chi connectivity index (χ0) is 9.47. The third-order valence-corrected chi connectivity index (χ3v) is 5.10. The summed E-state index contributed by atoms with van der Waals surface area (Å²) < 4.78 is 0. The number of hydrogen-bond donors (Lipinski definition) is 0. The topological polar surface area (TPSA) is 0 Å². The van der Waals surface area contributed by atoms with Gasteiger partial charge in [0.1, 0.15) is 0 Å².